The molecular weight excluding hydrogens is 535 g/mol. The topological polar surface area (TPSA) is 73.0 Å². The summed E-state index contributed by atoms with van der Waals surface area (Å²) < 4.78 is 0. The normalized spacial score (nSPS) is 14.8. The second-order valence-corrected chi connectivity index (χ2v) is 10.9. The van der Waals surface area contributed by atoms with Gasteiger partial charge in [-0.2, -0.15) is 0 Å². The van der Waals surface area contributed by atoms with Gasteiger partial charge < -0.3 is 15.0 Å². The first kappa shape index (κ1) is 31.1. The van der Waals surface area contributed by atoms with Gasteiger partial charge in [0.15, 0.2) is 0 Å². The van der Waals surface area contributed by atoms with Crippen LogP contribution in [0.5, 0.6) is 0 Å². The van der Waals surface area contributed by atoms with Gasteiger partial charge in [-0.1, -0.05) is 53.9 Å². The van der Waals surface area contributed by atoms with Crippen LogP contribution >= 0.6 is 23.2 Å². The molecule has 7 nitrogen and oxygen atoms in total. The molecule has 1 unspecified atom stereocenters. The van der Waals surface area contributed by atoms with E-state index in [1.165, 1.54) is 0 Å². The van der Waals surface area contributed by atoms with Gasteiger partial charge in [0.2, 0.25) is 5.91 Å². The van der Waals surface area contributed by atoms with Crippen LogP contribution in [-0.4, -0.2) is 81.1 Å². The molecule has 1 aliphatic rings. The molecule has 0 radical (unpaired) electrons. The standard InChI is InChI=1S/C30H40Cl2N4O3/c1-33-29(39)14-13-25(22-38)34(2)20-26-23(9-6-10-24(26)21-37)8-4-3-5-15-35-16-18-36(19-17-35)28-12-7-11-27(31)30(28)32/h6-7,9-12,21-22,25H,3-5,8,13-20H2,1-2H3,(H,33,39). The van der Waals surface area contributed by atoms with Crippen LogP contribution in [0.2, 0.25) is 10.0 Å². The Morgan fingerprint density at radius 2 is 1.79 bits per heavy atom. The van der Waals surface area contributed by atoms with E-state index in [1.807, 2.05) is 42.3 Å². The van der Waals surface area contributed by atoms with Gasteiger partial charge in [0.05, 0.1) is 21.8 Å². The Labute approximate surface area is 242 Å². The second kappa shape index (κ2) is 16.0. The first-order valence-electron chi connectivity index (χ1n) is 13.7. The Balaban J connectivity index is 1.46. The number of halogens is 2. The molecule has 1 amide bonds. The third kappa shape index (κ3) is 9.04. The van der Waals surface area contributed by atoms with Crippen molar-refractivity contribution in [2.24, 2.45) is 0 Å². The van der Waals surface area contributed by atoms with Crippen LogP contribution in [0.1, 0.15) is 53.6 Å². The van der Waals surface area contributed by atoms with Crippen LogP contribution in [0, 0.1) is 0 Å². The predicted octanol–water partition coefficient (Wildman–Crippen LogP) is 4.87. The number of anilines is 1. The van der Waals surface area contributed by atoms with Crippen LogP contribution in [-0.2, 0) is 22.6 Å². The van der Waals surface area contributed by atoms with Crippen molar-refractivity contribution >= 4 is 47.4 Å². The summed E-state index contributed by atoms with van der Waals surface area (Å²) >= 11 is 12.6. The maximum atomic E-state index is 11.8. The Morgan fingerprint density at radius 1 is 1.05 bits per heavy atom. The number of aryl methyl sites for hydroxylation is 1. The number of rotatable bonds is 15. The molecule has 2 aromatic rings. The van der Waals surface area contributed by atoms with E-state index < -0.39 is 0 Å². The SMILES string of the molecule is CNC(=O)CCC(C=O)N(C)Cc1c(C=O)cccc1CCCCCN1CCN(c2cccc(Cl)c2Cl)CC1. The number of benzene rings is 2. The van der Waals surface area contributed by atoms with Gasteiger partial charge in [0.25, 0.3) is 0 Å². The number of aldehydes is 2. The minimum atomic E-state index is -0.384. The maximum Gasteiger partial charge on any atom is 0.219 e. The lowest BCUT2D eigenvalue weighted by atomic mass is 9.96. The number of hydrogen-bond donors (Lipinski definition) is 1. The molecule has 3 rings (SSSR count). The molecule has 2 aromatic carbocycles. The molecule has 9 heteroatoms. The van der Waals surface area contributed by atoms with E-state index in [0.29, 0.717) is 28.6 Å². The van der Waals surface area contributed by atoms with Gasteiger partial charge in [-0.05, 0) is 62.5 Å². The van der Waals surface area contributed by atoms with E-state index in [-0.39, 0.29) is 18.4 Å². The summed E-state index contributed by atoms with van der Waals surface area (Å²) in [7, 11) is 3.46. The predicted molar refractivity (Wildman–Crippen MR) is 159 cm³/mol. The molecule has 212 valence electrons. The van der Waals surface area contributed by atoms with Crippen molar-refractivity contribution in [3.8, 4) is 0 Å². The first-order valence-corrected chi connectivity index (χ1v) is 14.5. The molecule has 0 aromatic heterocycles. The molecule has 39 heavy (non-hydrogen) atoms. The molecule has 1 saturated heterocycles. The highest BCUT2D eigenvalue weighted by Gasteiger charge is 2.20. The number of carbonyl (C=O) groups excluding carboxylic acids is 3. The van der Waals surface area contributed by atoms with Gasteiger partial charge in [-0.3, -0.25) is 19.4 Å². The fraction of sp³-hybridized carbons (Fsp3) is 0.500. The number of hydrogen-bond acceptors (Lipinski definition) is 6. The Kier molecular flexibility index (Phi) is 12.7. The Hall–Kier alpha value is -2.45. The highest BCUT2D eigenvalue weighted by molar-refractivity contribution is 6.43. The van der Waals surface area contributed by atoms with Crippen LogP contribution < -0.4 is 10.2 Å². The van der Waals surface area contributed by atoms with Gasteiger partial charge in [-0.15, -0.1) is 0 Å². The molecule has 0 bridgehead atoms. The summed E-state index contributed by atoms with van der Waals surface area (Å²) in [5, 5.41) is 3.81. The van der Waals surface area contributed by atoms with Gasteiger partial charge >= 0.3 is 0 Å². The van der Waals surface area contributed by atoms with Crippen LogP contribution in [0.3, 0.4) is 0 Å². The van der Waals surface area contributed by atoms with E-state index in [4.69, 9.17) is 23.2 Å². The van der Waals surface area contributed by atoms with Crippen molar-refractivity contribution < 1.29 is 14.4 Å². The fourth-order valence-electron chi connectivity index (χ4n) is 5.13. The van der Waals surface area contributed by atoms with E-state index in [1.54, 1.807) is 7.05 Å². The van der Waals surface area contributed by atoms with Crippen molar-refractivity contribution in [2.45, 2.75) is 51.1 Å². The second-order valence-electron chi connectivity index (χ2n) is 10.1. The lowest BCUT2D eigenvalue weighted by Gasteiger charge is -2.36. The molecule has 1 heterocycles. The summed E-state index contributed by atoms with van der Waals surface area (Å²) in [6, 6.07) is 11.2. The highest BCUT2D eigenvalue weighted by Crippen LogP contribution is 2.33. The average molecular weight is 576 g/mol. The molecule has 1 fully saturated rings. The quantitative estimate of drug-likeness (QED) is 0.242. The number of amides is 1. The molecule has 0 spiro atoms. The van der Waals surface area contributed by atoms with Gasteiger partial charge in [0.1, 0.15) is 12.6 Å². The minimum Gasteiger partial charge on any atom is -0.368 e. The lowest BCUT2D eigenvalue weighted by Crippen LogP contribution is -2.46. The summed E-state index contributed by atoms with van der Waals surface area (Å²) in [5.41, 5.74) is 3.79. The molecule has 0 aliphatic carbocycles. The zero-order valence-electron chi connectivity index (χ0n) is 23.0. The van der Waals surface area contributed by atoms with E-state index in [0.717, 1.165) is 87.8 Å². The van der Waals surface area contributed by atoms with Crippen molar-refractivity contribution in [2.75, 3.05) is 51.7 Å². The first-order chi connectivity index (χ1) is 18.9. The summed E-state index contributed by atoms with van der Waals surface area (Å²) in [6.45, 7) is 5.41. The largest absolute Gasteiger partial charge is 0.368 e. The van der Waals surface area contributed by atoms with Crippen molar-refractivity contribution in [3.63, 3.8) is 0 Å². The lowest BCUT2D eigenvalue weighted by molar-refractivity contribution is -0.121. The molecule has 1 atom stereocenters. The van der Waals surface area contributed by atoms with Crippen molar-refractivity contribution in [1.82, 2.24) is 15.1 Å². The molecule has 0 saturated carbocycles. The van der Waals surface area contributed by atoms with Crippen LogP contribution in [0.4, 0.5) is 5.69 Å². The van der Waals surface area contributed by atoms with Crippen LogP contribution in [0.15, 0.2) is 36.4 Å². The number of carbonyl (C=O) groups is 3. The number of nitrogens with one attached hydrogen (secondary N) is 1. The van der Waals surface area contributed by atoms with Crippen LogP contribution in [0.25, 0.3) is 0 Å². The van der Waals surface area contributed by atoms with E-state index in [9.17, 15) is 14.4 Å². The molecular formula is C30H40Cl2N4O3. The summed E-state index contributed by atoms with van der Waals surface area (Å²) in [4.78, 5) is 41.9. The Morgan fingerprint density at radius 3 is 2.49 bits per heavy atom. The summed E-state index contributed by atoms with van der Waals surface area (Å²) in [5.74, 6) is -0.0865. The van der Waals surface area contributed by atoms with E-state index in [2.05, 4.69) is 21.2 Å². The number of likely N-dealkylation sites (N-methyl/N-ethyl adjacent to an activating group) is 1. The highest BCUT2D eigenvalue weighted by atomic mass is 35.5. The fourth-order valence-corrected chi connectivity index (χ4v) is 5.55. The maximum absolute atomic E-state index is 11.8. The number of unbranched alkanes of at least 4 members (excludes halogenated alkanes) is 2. The van der Waals surface area contributed by atoms with Gasteiger partial charge in [0, 0.05) is 51.8 Å². The minimum absolute atomic E-state index is 0.0865. The third-order valence-corrected chi connectivity index (χ3v) is 8.39. The third-order valence-electron chi connectivity index (χ3n) is 7.58. The zero-order valence-corrected chi connectivity index (χ0v) is 24.5. The zero-order chi connectivity index (χ0) is 28.2. The van der Waals surface area contributed by atoms with Crippen molar-refractivity contribution in [3.05, 3.63) is 63.1 Å². The average Bonchev–Trinajstić information content (AvgIpc) is 2.95. The number of nitrogens with zero attached hydrogens (tertiary/aromatic N) is 3. The smallest absolute Gasteiger partial charge is 0.219 e. The molecule has 1 N–H and O–H groups in total. The monoisotopic (exact) mass is 574 g/mol. The Bertz CT molecular complexity index is 1110. The number of piperazine rings is 1. The summed E-state index contributed by atoms with van der Waals surface area (Å²) in [6.07, 6.45) is 6.64. The van der Waals surface area contributed by atoms with E-state index >= 15 is 0 Å². The molecule has 1 aliphatic heterocycles. The van der Waals surface area contributed by atoms with Gasteiger partial charge in [-0.25, -0.2) is 0 Å². The van der Waals surface area contributed by atoms with Crippen molar-refractivity contribution in [1.29, 1.82) is 0 Å².